The standard InChI is InChI=1S/C32H46N2O5/c1-5-7-8-12-17-34(21-25-13-10-9-11-14-25)22-26-20-28(15-16-29(26)35)39-30-23(3)18-27(19-24(30)4)33-31(36)32(37)38-6-2/h15-16,18-20,25,35H,5-14,17,21-22H2,1-4H3,(H,33,36). The largest absolute Gasteiger partial charge is 0.508 e. The smallest absolute Gasteiger partial charge is 0.397 e. The second-order valence-electron chi connectivity index (χ2n) is 10.8. The van der Waals surface area contributed by atoms with E-state index >= 15 is 0 Å². The summed E-state index contributed by atoms with van der Waals surface area (Å²) in [6, 6.07) is 8.95. The van der Waals surface area contributed by atoms with Crippen LogP contribution in [0.2, 0.25) is 0 Å². The number of esters is 1. The van der Waals surface area contributed by atoms with Crippen molar-refractivity contribution in [2.75, 3.05) is 25.0 Å². The van der Waals surface area contributed by atoms with E-state index in [1.807, 2.05) is 19.9 Å². The molecule has 0 unspecified atom stereocenters. The third kappa shape index (κ3) is 9.57. The number of unbranched alkanes of at least 4 members (excludes halogenated alkanes) is 3. The average molecular weight is 539 g/mol. The Hall–Kier alpha value is -3.06. The summed E-state index contributed by atoms with van der Waals surface area (Å²) in [5, 5.41) is 13.3. The number of nitrogens with zero attached hydrogens (tertiary/aromatic N) is 1. The number of aromatic hydroxyl groups is 1. The molecule has 1 saturated carbocycles. The number of amides is 1. The Bertz CT molecular complexity index is 1070. The van der Waals surface area contributed by atoms with Crippen LogP contribution in [0, 0.1) is 19.8 Å². The van der Waals surface area contributed by atoms with Crippen molar-refractivity contribution < 1.29 is 24.2 Å². The lowest BCUT2D eigenvalue weighted by molar-refractivity contribution is -0.152. The van der Waals surface area contributed by atoms with E-state index in [4.69, 9.17) is 9.47 Å². The lowest BCUT2D eigenvalue weighted by Crippen LogP contribution is -2.31. The van der Waals surface area contributed by atoms with Crippen molar-refractivity contribution in [2.45, 2.75) is 92.0 Å². The second-order valence-corrected chi connectivity index (χ2v) is 10.8. The molecule has 0 bridgehead atoms. The van der Waals surface area contributed by atoms with Gasteiger partial charge in [0.15, 0.2) is 0 Å². The number of benzene rings is 2. The van der Waals surface area contributed by atoms with Gasteiger partial charge in [-0.2, -0.15) is 0 Å². The minimum Gasteiger partial charge on any atom is -0.508 e. The molecule has 39 heavy (non-hydrogen) atoms. The van der Waals surface area contributed by atoms with Gasteiger partial charge in [0.05, 0.1) is 6.61 Å². The summed E-state index contributed by atoms with van der Waals surface area (Å²) in [5.74, 6) is 0.641. The minimum absolute atomic E-state index is 0.142. The number of hydrogen-bond donors (Lipinski definition) is 2. The molecule has 1 amide bonds. The second kappa shape index (κ2) is 15.5. The lowest BCUT2D eigenvalue weighted by atomic mass is 9.89. The summed E-state index contributed by atoms with van der Waals surface area (Å²) in [4.78, 5) is 26.2. The van der Waals surface area contributed by atoms with E-state index in [0.717, 1.165) is 35.7 Å². The van der Waals surface area contributed by atoms with Crippen molar-refractivity contribution >= 4 is 17.6 Å². The van der Waals surface area contributed by atoms with Crippen LogP contribution in [-0.4, -0.2) is 41.6 Å². The number of ether oxygens (including phenoxy) is 2. The first-order valence-corrected chi connectivity index (χ1v) is 14.6. The summed E-state index contributed by atoms with van der Waals surface area (Å²) in [7, 11) is 0. The molecule has 2 aromatic carbocycles. The Kier molecular flexibility index (Phi) is 12.1. The normalized spacial score (nSPS) is 13.9. The fourth-order valence-electron chi connectivity index (χ4n) is 5.40. The quantitative estimate of drug-likeness (QED) is 0.158. The Labute approximate surface area is 233 Å². The van der Waals surface area contributed by atoms with Gasteiger partial charge in [-0.15, -0.1) is 0 Å². The first-order valence-electron chi connectivity index (χ1n) is 14.6. The van der Waals surface area contributed by atoms with Crippen molar-refractivity contribution in [2.24, 2.45) is 5.92 Å². The molecule has 0 radical (unpaired) electrons. The van der Waals surface area contributed by atoms with Crippen molar-refractivity contribution in [3.05, 3.63) is 47.0 Å². The van der Waals surface area contributed by atoms with E-state index in [0.29, 0.717) is 23.7 Å². The van der Waals surface area contributed by atoms with Crippen LogP contribution in [0.15, 0.2) is 30.3 Å². The zero-order valence-electron chi connectivity index (χ0n) is 24.2. The number of rotatable bonds is 13. The predicted octanol–water partition coefficient (Wildman–Crippen LogP) is 7.27. The number of carbonyl (C=O) groups excluding carboxylic acids is 2. The molecule has 1 fully saturated rings. The highest BCUT2D eigenvalue weighted by Gasteiger charge is 2.20. The summed E-state index contributed by atoms with van der Waals surface area (Å²) >= 11 is 0. The Morgan fingerprint density at radius 3 is 2.38 bits per heavy atom. The van der Waals surface area contributed by atoms with Gasteiger partial charge in [0.2, 0.25) is 0 Å². The zero-order valence-corrected chi connectivity index (χ0v) is 24.2. The molecule has 1 aliphatic carbocycles. The maximum Gasteiger partial charge on any atom is 0.397 e. The van der Waals surface area contributed by atoms with Gasteiger partial charge in [0.1, 0.15) is 17.2 Å². The van der Waals surface area contributed by atoms with Crippen molar-refractivity contribution in [3.8, 4) is 17.2 Å². The molecular formula is C32H46N2O5. The third-order valence-corrected chi connectivity index (χ3v) is 7.41. The Balaban J connectivity index is 1.72. The summed E-state index contributed by atoms with van der Waals surface area (Å²) in [5.41, 5.74) is 3.01. The molecule has 0 spiro atoms. The van der Waals surface area contributed by atoms with Crippen LogP contribution in [0.3, 0.4) is 0 Å². The van der Waals surface area contributed by atoms with E-state index in [1.165, 1.54) is 57.8 Å². The number of phenols is 1. The number of nitrogens with one attached hydrogen (secondary N) is 1. The summed E-state index contributed by atoms with van der Waals surface area (Å²) in [6.07, 6.45) is 11.5. The van der Waals surface area contributed by atoms with Crippen LogP contribution in [0.5, 0.6) is 17.2 Å². The maximum atomic E-state index is 12.0. The predicted molar refractivity (Wildman–Crippen MR) is 155 cm³/mol. The molecule has 0 aliphatic heterocycles. The zero-order chi connectivity index (χ0) is 28.2. The first-order chi connectivity index (χ1) is 18.8. The SMILES string of the molecule is CCCCCCN(Cc1cc(Oc2c(C)cc(NC(=O)C(=O)OCC)cc2C)ccc1O)CC1CCCCC1. The molecule has 214 valence electrons. The topological polar surface area (TPSA) is 88.1 Å². The van der Waals surface area contributed by atoms with E-state index in [1.54, 1.807) is 31.2 Å². The fourth-order valence-corrected chi connectivity index (χ4v) is 5.40. The monoisotopic (exact) mass is 538 g/mol. The van der Waals surface area contributed by atoms with E-state index in [9.17, 15) is 14.7 Å². The number of anilines is 1. The van der Waals surface area contributed by atoms with Crippen LogP contribution in [-0.2, 0) is 20.9 Å². The maximum absolute atomic E-state index is 12.0. The molecule has 0 saturated heterocycles. The number of hydrogen-bond acceptors (Lipinski definition) is 6. The van der Waals surface area contributed by atoms with E-state index in [2.05, 4.69) is 17.1 Å². The van der Waals surface area contributed by atoms with Crippen molar-refractivity contribution in [1.29, 1.82) is 0 Å². The van der Waals surface area contributed by atoms with Gasteiger partial charge in [-0.3, -0.25) is 9.69 Å². The highest BCUT2D eigenvalue weighted by molar-refractivity contribution is 6.37. The fraction of sp³-hybridized carbons (Fsp3) is 0.562. The molecule has 2 aromatic rings. The molecule has 3 rings (SSSR count). The molecule has 0 heterocycles. The lowest BCUT2D eigenvalue weighted by Gasteiger charge is -2.30. The highest BCUT2D eigenvalue weighted by atomic mass is 16.5. The van der Waals surface area contributed by atoms with Gasteiger partial charge >= 0.3 is 11.9 Å². The summed E-state index contributed by atoms with van der Waals surface area (Å²) < 4.78 is 11.1. The molecule has 7 nitrogen and oxygen atoms in total. The Morgan fingerprint density at radius 2 is 1.72 bits per heavy atom. The van der Waals surface area contributed by atoms with Gasteiger partial charge in [-0.1, -0.05) is 45.4 Å². The van der Waals surface area contributed by atoms with Gasteiger partial charge in [-0.05, 0) is 94.0 Å². The number of aryl methyl sites for hydroxylation is 2. The molecule has 1 aliphatic rings. The van der Waals surface area contributed by atoms with Crippen LogP contribution in [0.4, 0.5) is 5.69 Å². The molecule has 0 atom stereocenters. The van der Waals surface area contributed by atoms with Gasteiger partial charge in [-0.25, -0.2) is 4.79 Å². The number of carbonyl (C=O) groups is 2. The summed E-state index contributed by atoms with van der Waals surface area (Å²) in [6.45, 7) is 10.6. The Morgan fingerprint density at radius 1 is 1.00 bits per heavy atom. The van der Waals surface area contributed by atoms with Crippen molar-refractivity contribution in [3.63, 3.8) is 0 Å². The van der Waals surface area contributed by atoms with E-state index in [-0.39, 0.29) is 12.4 Å². The molecule has 0 aromatic heterocycles. The van der Waals surface area contributed by atoms with Gasteiger partial charge < -0.3 is 19.9 Å². The molecule has 2 N–H and O–H groups in total. The third-order valence-electron chi connectivity index (χ3n) is 7.41. The first kappa shape index (κ1) is 30.5. The minimum atomic E-state index is -0.910. The van der Waals surface area contributed by atoms with Gasteiger partial charge in [0, 0.05) is 24.3 Å². The van der Waals surface area contributed by atoms with Crippen molar-refractivity contribution in [1.82, 2.24) is 4.90 Å². The highest BCUT2D eigenvalue weighted by Crippen LogP contribution is 2.34. The average Bonchev–Trinajstić information content (AvgIpc) is 2.91. The van der Waals surface area contributed by atoms with Crippen LogP contribution >= 0.6 is 0 Å². The molecule has 7 heteroatoms. The van der Waals surface area contributed by atoms with Crippen LogP contribution in [0.1, 0.15) is 88.3 Å². The van der Waals surface area contributed by atoms with E-state index < -0.39 is 11.9 Å². The van der Waals surface area contributed by atoms with Crippen LogP contribution in [0.25, 0.3) is 0 Å². The molecular weight excluding hydrogens is 492 g/mol. The number of phenolic OH excluding ortho intramolecular Hbond substituents is 1. The van der Waals surface area contributed by atoms with Crippen LogP contribution < -0.4 is 10.1 Å². The van der Waals surface area contributed by atoms with Gasteiger partial charge in [0.25, 0.3) is 0 Å².